The van der Waals surface area contributed by atoms with Gasteiger partial charge < -0.3 is 14.4 Å². The van der Waals surface area contributed by atoms with Gasteiger partial charge in [0.1, 0.15) is 5.78 Å². The predicted molar refractivity (Wildman–Crippen MR) is 67.7 cm³/mol. The largest absolute Gasteiger partial charge is 0.383 e. The average Bonchev–Trinajstić information content (AvgIpc) is 2.19. The summed E-state index contributed by atoms with van der Waals surface area (Å²) in [5.74, 6) is 0.983. The lowest BCUT2D eigenvalue weighted by atomic mass is 10.1. The van der Waals surface area contributed by atoms with Crippen molar-refractivity contribution in [3.8, 4) is 0 Å². The monoisotopic (exact) mass is 229 g/mol. The highest BCUT2D eigenvalue weighted by atomic mass is 16.5. The van der Waals surface area contributed by atoms with E-state index in [1.807, 2.05) is 0 Å². The molecule has 0 aliphatic carbocycles. The Labute approximate surface area is 100 Å². The lowest BCUT2D eigenvalue weighted by Gasteiger charge is -2.23. The molecular formula is C13H27NO2. The maximum Gasteiger partial charge on any atom is 0.129 e. The maximum absolute atomic E-state index is 10.8. The number of unbranched alkanes of at least 4 members (excludes halogenated alkanes) is 1. The van der Waals surface area contributed by atoms with E-state index in [0.717, 1.165) is 45.5 Å². The van der Waals surface area contributed by atoms with Gasteiger partial charge in [-0.15, -0.1) is 0 Å². The SMILES string of the molecule is COCCN(CCCCC(C)=O)CC(C)C. The van der Waals surface area contributed by atoms with Crippen LogP contribution in [0, 0.1) is 5.92 Å². The second-order valence-corrected chi connectivity index (χ2v) is 4.85. The molecule has 0 atom stereocenters. The molecule has 0 fully saturated rings. The molecule has 0 aliphatic rings. The second kappa shape index (κ2) is 9.79. The Balaban J connectivity index is 3.68. The molecule has 0 aliphatic heterocycles. The fourth-order valence-corrected chi connectivity index (χ4v) is 1.74. The Morgan fingerprint density at radius 1 is 1.25 bits per heavy atom. The zero-order valence-electron chi connectivity index (χ0n) is 11.3. The summed E-state index contributed by atoms with van der Waals surface area (Å²) in [7, 11) is 1.74. The van der Waals surface area contributed by atoms with Crippen molar-refractivity contribution >= 4 is 5.78 Å². The molecule has 0 unspecified atom stereocenters. The van der Waals surface area contributed by atoms with Gasteiger partial charge in [0.05, 0.1) is 6.61 Å². The normalized spacial score (nSPS) is 11.4. The number of ketones is 1. The van der Waals surface area contributed by atoms with Gasteiger partial charge in [-0.3, -0.25) is 0 Å². The van der Waals surface area contributed by atoms with Crippen molar-refractivity contribution in [2.24, 2.45) is 5.92 Å². The molecule has 0 saturated carbocycles. The summed E-state index contributed by atoms with van der Waals surface area (Å²) in [5, 5.41) is 0. The van der Waals surface area contributed by atoms with Crippen LogP contribution in [0.3, 0.4) is 0 Å². The Kier molecular flexibility index (Phi) is 9.54. The van der Waals surface area contributed by atoms with E-state index >= 15 is 0 Å². The highest BCUT2D eigenvalue weighted by Crippen LogP contribution is 2.03. The molecule has 0 saturated heterocycles. The summed E-state index contributed by atoms with van der Waals surface area (Å²) >= 11 is 0. The number of nitrogens with zero attached hydrogens (tertiary/aromatic N) is 1. The quantitative estimate of drug-likeness (QED) is 0.539. The molecule has 0 aromatic carbocycles. The van der Waals surface area contributed by atoms with E-state index in [-0.39, 0.29) is 0 Å². The Morgan fingerprint density at radius 2 is 1.94 bits per heavy atom. The van der Waals surface area contributed by atoms with E-state index in [4.69, 9.17) is 4.74 Å². The number of carbonyl (C=O) groups is 1. The molecule has 0 bridgehead atoms. The lowest BCUT2D eigenvalue weighted by molar-refractivity contribution is -0.117. The molecule has 3 nitrogen and oxygen atoms in total. The highest BCUT2D eigenvalue weighted by molar-refractivity contribution is 5.75. The van der Waals surface area contributed by atoms with Crippen LogP contribution in [0.4, 0.5) is 0 Å². The molecule has 0 aromatic heterocycles. The summed E-state index contributed by atoms with van der Waals surface area (Å²) in [6, 6.07) is 0. The topological polar surface area (TPSA) is 29.5 Å². The first kappa shape index (κ1) is 15.6. The van der Waals surface area contributed by atoms with Gasteiger partial charge in [0.25, 0.3) is 0 Å². The third kappa shape index (κ3) is 10.1. The van der Waals surface area contributed by atoms with Crippen LogP contribution in [0.2, 0.25) is 0 Å². The van der Waals surface area contributed by atoms with Gasteiger partial charge in [0.2, 0.25) is 0 Å². The number of methoxy groups -OCH3 is 1. The highest BCUT2D eigenvalue weighted by Gasteiger charge is 2.06. The zero-order valence-corrected chi connectivity index (χ0v) is 11.3. The van der Waals surface area contributed by atoms with Crippen molar-refractivity contribution in [2.45, 2.75) is 40.0 Å². The van der Waals surface area contributed by atoms with Crippen molar-refractivity contribution in [1.29, 1.82) is 0 Å². The van der Waals surface area contributed by atoms with Crippen molar-refractivity contribution in [1.82, 2.24) is 4.90 Å². The second-order valence-electron chi connectivity index (χ2n) is 4.85. The van der Waals surface area contributed by atoms with Crippen molar-refractivity contribution in [3.05, 3.63) is 0 Å². The average molecular weight is 229 g/mol. The maximum atomic E-state index is 10.8. The van der Waals surface area contributed by atoms with E-state index in [1.54, 1.807) is 14.0 Å². The van der Waals surface area contributed by atoms with Crippen LogP contribution in [-0.2, 0) is 9.53 Å². The number of carbonyl (C=O) groups excluding carboxylic acids is 1. The Bertz CT molecular complexity index is 181. The first-order valence-electron chi connectivity index (χ1n) is 6.27. The van der Waals surface area contributed by atoms with Gasteiger partial charge in [-0.05, 0) is 32.2 Å². The van der Waals surface area contributed by atoms with Gasteiger partial charge >= 0.3 is 0 Å². The summed E-state index contributed by atoms with van der Waals surface area (Å²) in [6.45, 7) is 10.1. The molecule has 0 N–H and O–H groups in total. The van der Waals surface area contributed by atoms with Gasteiger partial charge in [0, 0.05) is 26.6 Å². The van der Waals surface area contributed by atoms with Crippen LogP contribution in [0.5, 0.6) is 0 Å². The molecule has 0 aromatic rings. The molecule has 0 radical (unpaired) electrons. The zero-order chi connectivity index (χ0) is 12.4. The molecule has 3 heteroatoms. The molecular weight excluding hydrogens is 202 g/mol. The fraction of sp³-hybridized carbons (Fsp3) is 0.923. The minimum Gasteiger partial charge on any atom is -0.383 e. The summed E-state index contributed by atoms with van der Waals surface area (Å²) < 4.78 is 5.10. The molecule has 0 amide bonds. The molecule has 16 heavy (non-hydrogen) atoms. The predicted octanol–water partition coefficient (Wildman–Crippen LogP) is 2.35. The minimum atomic E-state index is 0.298. The number of Topliss-reactive ketones (excluding diaryl/α,β-unsaturated/α-hetero) is 1. The number of rotatable bonds is 10. The van der Waals surface area contributed by atoms with Crippen molar-refractivity contribution in [2.75, 3.05) is 33.4 Å². The van der Waals surface area contributed by atoms with Gasteiger partial charge in [0.15, 0.2) is 0 Å². The van der Waals surface area contributed by atoms with Crippen LogP contribution in [0.1, 0.15) is 40.0 Å². The Hall–Kier alpha value is -0.410. The molecule has 0 rings (SSSR count). The molecule has 0 heterocycles. The third-order valence-electron chi connectivity index (χ3n) is 2.49. The van der Waals surface area contributed by atoms with E-state index in [2.05, 4.69) is 18.7 Å². The van der Waals surface area contributed by atoms with Crippen LogP contribution < -0.4 is 0 Å². The first-order chi connectivity index (χ1) is 7.56. The standard InChI is InChI=1S/C13H27NO2/c1-12(2)11-14(9-10-16-4)8-6-5-7-13(3)15/h12H,5-11H2,1-4H3. The van der Waals surface area contributed by atoms with E-state index in [0.29, 0.717) is 11.7 Å². The summed E-state index contributed by atoms with van der Waals surface area (Å²) in [4.78, 5) is 13.2. The van der Waals surface area contributed by atoms with E-state index < -0.39 is 0 Å². The van der Waals surface area contributed by atoms with Gasteiger partial charge in [-0.1, -0.05) is 13.8 Å². The van der Waals surface area contributed by atoms with E-state index in [1.165, 1.54) is 0 Å². The number of hydrogen-bond donors (Lipinski definition) is 0. The number of ether oxygens (including phenoxy) is 1. The number of hydrogen-bond acceptors (Lipinski definition) is 3. The first-order valence-corrected chi connectivity index (χ1v) is 6.27. The minimum absolute atomic E-state index is 0.298. The van der Waals surface area contributed by atoms with Crippen LogP contribution in [-0.4, -0.2) is 44.0 Å². The molecule has 0 spiro atoms. The van der Waals surface area contributed by atoms with Crippen molar-refractivity contribution < 1.29 is 9.53 Å². The Morgan fingerprint density at radius 3 is 2.44 bits per heavy atom. The summed E-state index contributed by atoms with van der Waals surface area (Å²) in [6.07, 6.45) is 2.84. The van der Waals surface area contributed by atoms with Crippen LogP contribution >= 0.6 is 0 Å². The smallest absolute Gasteiger partial charge is 0.129 e. The fourth-order valence-electron chi connectivity index (χ4n) is 1.74. The lowest BCUT2D eigenvalue weighted by Crippen LogP contribution is -2.32. The van der Waals surface area contributed by atoms with Crippen LogP contribution in [0.25, 0.3) is 0 Å². The van der Waals surface area contributed by atoms with Crippen LogP contribution in [0.15, 0.2) is 0 Å². The van der Waals surface area contributed by atoms with E-state index in [9.17, 15) is 4.79 Å². The summed E-state index contributed by atoms with van der Waals surface area (Å²) in [5.41, 5.74) is 0. The van der Waals surface area contributed by atoms with Gasteiger partial charge in [-0.25, -0.2) is 0 Å². The third-order valence-corrected chi connectivity index (χ3v) is 2.49. The van der Waals surface area contributed by atoms with Crippen molar-refractivity contribution in [3.63, 3.8) is 0 Å². The molecule has 96 valence electrons. The van der Waals surface area contributed by atoms with Gasteiger partial charge in [-0.2, -0.15) is 0 Å².